The van der Waals surface area contributed by atoms with Gasteiger partial charge >= 0.3 is 0 Å². The molecule has 1 unspecified atom stereocenters. The smallest absolute Gasteiger partial charge is 0.142 e. The first-order valence-electron chi connectivity index (χ1n) is 9.65. The van der Waals surface area contributed by atoms with Crippen molar-refractivity contribution in [2.24, 2.45) is 5.73 Å². The van der Waals surface area contributed by atoms with Gasteiger partial charge < -0.3 is 15.4 Å². The van der Waals surface area contributed by atoms with Crippen molar-refractivity contribution < 1.29 is 9.13 Å². The van der Waals surface area contributed by atoms with Gasteiger partial charge in [0.1, 0.15) is 11.6 Å². The molecule has 156 valence electrons. The third-order valence-corrected chi connectivity index (χ3v) is 6.11. The lowest BCUT2D eigenvalue weighted by Crippen LogP contribution is -2.54. The minimum Gasteiger partial charge on any atom is -0.492 e. The molecule has 4 rings (SSSR count). The number of piperazine rings is 1. The average Bonchev–Trinajstić information content (AvgIpc) is 3.10. The van der Waals surface area contributed by atoms with E-state index >= 15 is 0 Å². The number of aromatic nitrogens is 1. The molecule has 1 atom stereocenters. The monoisotopic (exact) mass is 480 g/mol. The molecule has 2 heterocycles. The van der Waals surface area contributed by atoms with E-state index in [1.165, 1.54) is 23.5 Å². The first-order valence-corrected chi connectivity index (χ1v) is 10.5. The van der Waals surface area contributed by atoms with Crippen molar-refractivity contribution in [1.82, 2.24) is 9.88 Å². The number of rotatable bonds is 6. The Kier molecular flexibility index (Phi) is 7.45. The Morgan fingerprint density at radius 2 is 1.93 bits per heavy atom. The fourth-order valence-corrected chi connectivity index (χ4v) is 4.67. The highest BCUT2D eigenvalue weighted by atomic mass is 79.9. The lowest BCUT2D eigenvalue weighted by molar-refractivity contribution is 0.187. The van der Waals surface area contributed by atoms with Gasteiger partial charge in [0.15, 0.2) is 0 Å². The second-order valence-electron chi connectivity index (χ2n) is 6.91. The molecule has 1 aliphatic rings. The number of nitrogens with zero attached hydrogens (tertiary/aromatic N) is 3. The van der Waals surface area contributed by atoms with E-state index in [9.17, 15) is 4.39 Å². The zero-order valence-corrected chi connectivity index (χ0v) is 18.9. The number of benzene rings is 2. The number of thiazole rings is 1. The number of ether oxygens (including phenoxy) is 1. The van der Waals surface area contributed by atoms with Crippen LogP contribution in [0, 0.1) is 5.82 Å². The number of fused-ring (bicyclic) bond motifs is 1. The summed E-state index contributed by atoms with van der Waals surface area (Å²) in [5, 5.41) is 0.956. The number of hydrogen-bond donors (Lipinski definition) is 1. The van der Waals surface area contributed by atoms with Crippen LogP contribution in [0.3, 0.4) is 0 Å². The Hall–Kier alpha value is -1.74. The number of hydrogen-bond acceptors (Lipinski definition) is 6. The van der Waals surface area contributed by atoms with Crippen LogP contribution in [0.2, 0.25) is 0 Å². The van der Waals surface area contributed by atoms with Gasteiger partial charge in [0, 0.05) is 32.6 Å². The first kappa shape index (κ1) is 22.0. The van der Waals surface area contributed by atoms with Crippen molar-refractivity contribution in [1.29, 1.82) is 0 Å². The highest BCUT2D eigenvalue weighted by Crippen LogP contribution is 2.29. The Bertz CT molecular complexity index is 945. The van der Waals surface area contributed by atoms with Crippen molar-refractivity contribution in [3.05, 3.63) is 53.3 Å². The minimum atomic E-state index is -0.226. The van der Waals surface area contributed by atoms with E-state index in [2.05, 4.69) is 20.9 Å². The summed E-state index contributed by atoms with van der Waals surface area (Å²) in [6, 6.07) is 12.9. The molecule has 0 aliphatic carbocycles. The van der Waals surface area contributed by atoms with Crippen LogP contribution in [0.25, 0.3) is 10.2 Å². The van der Waals surface area contributed by atoms with Crippen LogP contribution in [-0.2, 0) is 6.42 Å². The fraction of sp³-hybridized carbons (Fsp3) is 0.381. The molecular formula is C21H26BrFN4OS. The Balaban J connectivity index is 0.00000240. The van der Waals surface area contributed by atoms with Gasteiger partial charge in [0.05, 0.1) is 33.7 Å². The van der Waals surface area contributed by atoms with Gasteiger partial charge in [-0.25, -0.2) is 9.37 Å². The second-order valence-corrected chi connectivity index (χ2v) is 8.03. The number of halogens is 2. The number of para-hydroxylation sites is 2. The molecule has 0 spiro atoms. The van der Waals surface area contributed by atoms with Crippen LogP contribution in [-0.4, -0.2) is 48.8 Å². The van der Waals surface area contributed by atoms with Gasteiger partial charge in [-0.05, 0) is 37.3 Å². The summed E-state index contributed by atoms with van der Waals surface area (Å²) in [6.07, 6.45) is 0.589. The van der Waals surface area contributed by atoms with Crippen LogP contribution in [0.15, 0.2) is 42.5 Å². The van der Waals surface area contributed by atoms with Gasteiger partial charge in [-0.1, -0.05) is 12.1 Å². The quantitative estimate of drug-likeness (QED) is 0.576. The lowest BCUT2D eigenvalue weighted by atomic mass is 10.2. The van der Waals surface area contributed by atoms with Crippen LogP contribution in [0.1, 0.15) is 11.9 Å². The molecule has 2 aromatic carbocycles. The summed E-state index contributed by atoms with van der Waals surface area (Å²) in [5.41, 5.74) is 8.45. The molecule has 29 heavy (non-hydrogen) atoms. The highest BCUT2D eigenvalue weighted by Gasteiger charge is 2.24. The zero-order chi connectivity index (χ0) is 19.5. The predicted octanol–water partition coefficient (Wildman–Crippen LogP) is 4.06. The lowest BCUT2D eigenvalue weighted by Gasteiger charge is -2.39. The van der Waals surface area contributed by atoms with Gasteiger partial charge in [-0.2, -0.15) is 0 Å². The van der Waals surface area contributed by atoms with Gasteiger partial charge in [-0.15, -0.1) is 28.3 Å². The van der Waals surface area contributed by atoms with Crippen LogP contribution >= 0.6 is 28.3 Å². The maximum absolute atomic E-state index is 13.4. The molecule has 0 radical (unpaired) electrons. The molecule has 0 amide bonds. The largest absolute Gasteiger partial charge is 0.492 e. The number of anilines is 1. The summed E-state index contributed by atoms with van der Waals surface area (Å²) in [5.74, 6) is 0.708. The Morgan fingerprint density at radius 1 is 1.17 bits per heavy atom. The topological polar surface area (TPSA) is 54.6 Å². The van der Waals surface area contributed by atoms with E-state index in [4.69, 9.17) is 10.5 Å². The maximum Gasteiger partial charge on any atom is 0.142 e. The SMILES string of the molecule is Br.CCOc1ccccc1N1CCN(C(N)Cc2nc3ccc(F)cc3s2)CC1. The summed E-state index contributed by atoms with van der Waals surface area (Å²) >= 11 is 1.52. The highest BCUT2D eigenvalue weighted by molar-refractivity contribution is 8.93. The number of nitrogens with two attached hydrogens (primary N) is 1. The van der Waals surface area contributed by atoms with Crippen molar-refractivity contribution in [2.75, 3.05) is 37.7 Å². The summed E-state index contributed by atoms with van der Waals surface area (Å²) in [6.45, 7) is 6.26. The molecule has 1 saturated heterocycles. The van der Waals surface area contributed by atoms with E-state index in [1.54, 1.807) is 6.07 Å². The van der Waals surface area contributed by atoms with E-state index in [0.717, 1.165) is 52.8 Å². The zero-order valence-electron chi connectivity index (χ0n) is 16.4. The third-order valence-electron chi connectivity index (χ3n) is 5.07. The van der Waals surface area contributed by atoms with Crippen LogP contribution < -0.4 is 15.4 Å². The van der Waals surface area contributed by atoms with Crippen molar-refractivity contribution in [2.45, 2.75) is 19.5 Å². The van der Waals surface area contributed by atoms with Crippen molar-refractivity contribution >= 4 is 44.2 Å². The summed E-state index contributed by atoms with van der Waals surface area (Å²) < 4.78 is 20.0. The minimum absolute atomic E-state index is 0. The molecule has 1 aromatic heterocycles. The standard InChI is InChI=1S/C21H25FN4OS.BrH/c1-2-27-18-6-4-3-5-17(18)25-9-11-26(12-10-25)20(23)14-21-24-16-8-7-15(22)13-19(16)28-21;/h3-8,13,20H,2,9-12,14,23H2,1H3;1H. The molecular weight excluding hydrogens is 455 g/mol. The predicted molar refractivity (Wildman–Crippen MR) is 123 cm³/mol. The molecule has 5 nitrogen and oxygen atoms in total. The first-order chi connectivity index (χ1) is 13.6. The van der Waals surface area contributed by atoms with Crippen LogP contribution in [0.4, 0.5) is 10.1 Å². The van der Waals surface area contributed by atoms with E-state index in [1.807, 2.05) is 25.1 Å². The van der Waals surface area contributed by atoms with Gasteiger partial charge in [0.25, 0.3) is 0 Å². The average molecular weight is 481 g/mol. The van der Waals surface area contributed by atoms with Gasteiger partial charge in [-0.3, -0.25) is 4.90 Å². The maximum atomic E-state index is 13.4. The van der Waals surface area contributed by atoms with Crippen molar-refractivity contribution in [3.8, 4) is 5.75 Å². The normalized spacial score (nSPS) is 15.9. The fourth-order valence-electron chi connectivity index (χ4n) is 3.63. The summed E-state index contributed by atoms with van der Waals surface area (Å²) in [4.78, 5) is 9.26. The molecule has 1 aliphatic heterocycles. The second kappa shape index (κ2) is 9.84. The Labute approximate surface area is 185 Å². The van der Waals surface area contributed by atoms with Crippen molar-refractivity contribution in [3.63, 3.8) is 0 Å². The molecule has 1 fully saturated rings. The van der Waals surface area contributed by atoms with E-state index in [-0.39, 0.29) is 29.0 Å². The molecule has 3 aromatic rings. The van der Waals surface area contributed by atoms with E-state index in [0.29, 0.717) is 13.0 Å². The summed E-state index contributed by atoms with van der Waals surface area (Å²) in [7, 11) is 0. The van der Waals surface area contributed by atoms with Gasteiger partial charge in [0.2, 0.25) is 0 Å². The van der Waals surface area contributed by atoms with Crippen LogP contribution in [0.5, 0.6) is 5.75 Å². The van der Waals surface area contributed by atoms with E-state index < -0.39 is 0 Å². The molecule has 0 bridgehead atoms. The molecule has 0 saturated carbocycles. The Morgan fingerprint density at radius 3 is 2.69 bits per heavy atom. The molecule has 2 N–H and O–H groups in total. The molecule has 8 heteroatoms. The third kappa shape index (κ3) is 5.06.